The molecule has 7 nitrogen and oxygen atoms in total. The van der Waals surface area contributed by atoms with Gasteiger partial charge in [0.2, 0.25) is 5.88 Å². The fraction of sp³-hybridized carbons (Fsp3) is 0.481. The first-order chi connectivity index (χ1) is 18.1. The molecule has 11 heteroatoms. The van der Waals surface area contributed by atoms with E-state index < -0.39 is 23.0 Å². The summed E-state index contributed by atoms with van der Waals surface area (Å²) in [6.45, 7) is 5.59. The average Bonchev–Trinajstić information content (AvgIpc) is 3.18. The number of halogens is 4. The van der Waals surface area contributed by atoms with Gasteiger partial charge in [-0.1, -0.05) is 23.2 Å². The van der Waals surface area contributed by atoms with Crippen LogP contribution in [0.2, 0.25) is 10.0 Å². The highest BCUT2D eigenvalue weighted by Gasteiger charge is 2.39. The molecule has 204 valence electrons. The van der Waals surface area contributed by atoms with Gasteiger partial charge in [0.1, 0.15) is 28.3 Å². The molecule has 0 atom stereocenters. The Bertz CT molecular complexity index is 1340. The molecule has 38 heavy (non-hydrogen) atoms. The van der Waals surface area contributed by atoms with Crippen molar-refractivity contribution in [1.82, 2.24) is 9.97 Å². The Labute approximate surface area is 229 Å². The quantitative estimate of drug-likeness (QED) is 0.344. The number of carboxylic acid groups (broad SMARTS) is 1. The summed E-state index contributed by atoms with van der Waals surface area (Å²) in [7, 11) is 0. The number of nitrogens with one attached hydrogen (secondary N) is 1. The molecule has 1 saturated heterocycles. The number of hydrogen-bond donors (Lipinski definition) is 2. The van der Waals surface area contributed by atoms with E-state index in [4.69, 9.17) is 32.7 Å². The molecule has 1 aliphatic carbocycles. The number of ether oxygens (including phenoxy) is 2. The highest BCUT2D eigenvalue weighted by molar-refractivity contribution is 6.38. The second-order valence-electron chi connectivity index (χ2n) is 10.5. The lowest BCUT2D eigenvalue weighted by Gasteiger charge is -2.36. The summed E-state index contributed by atoms with van der Waals surface area (Å²) in [4.78, 5) is 21.0. The lowest BCUT2D eigenvalue weighted by molar-refractivity contribution is -0.151. The van der Waals surface area contributed by atoms with Crippen LogP contribution in [0.5, 0.6) is 5.88 Å². The number of carboxylic acids is 1. The zero-order chi connectivity index (χ0) is 27.2. The lowest BCUT2D eigenvalue weighted by Crippen LogP contribution is -2.37. The third-order valence-electron chi connectivity index (χ3n) is 7.80. The van der Waals surface area contributed by atoms with Crippen LogP contribution in [0.25, 0.3) is 22.3 Å². The summed E-state index contributed by atoms with van der Waals surface area (Å²) in [6.07, 6.45) is 2.64. The van der Waals surface area contributed by atoms with Crippen LogP contribution in [0.15, 0.2) is 18.2 Å². The molecule has 0 amide bonds. The van der Waals surface area contributed by atoms with Crippen LogP contribution < -0.4 is 9.64 Å². The Morgan fingerprint density at radius 2 is 1.76 bits per heavy atom. The van der Waals surface area contributed by atoms with Crippen molar-refractivity contribution in [2.45, 2.75) is 45.6 Å². The minimum absolute atomic E-state index is 0.0495. The number of morpholine rings is 1. The molecule has 3 heterocycles. The topological polar surface area (TPSA) is 87.7 Å². The fourth-order valence-corrected chi connectivity index (χ4v) is 5.81. The average molecular weight is 568 g/mol. The molecule has 0 unspecified atom stereocenters. The van der Waals surface area contributed by atoms with Crippen molar-refractivity contribution in [3.05, 3.63) is 39.9 Å². The maximum Gasteiger partial charge on any atom is 0.309 e. The van der Waals surface area contributed by atoms with Crippen LogP contribution in [0.1, 0.15) is 39.5 Å². The van der Waals surface area contributed by atoms with Crippen molar-refractivity contribution in [1.29, 1.82) is 0 Å². The van der Waals surface area contributed by atoms with E-state index in [1.54, 1.807) is 13.8 Å². The Morgan fingerprint density at radius 3 is 2.37 bits per heavy atom. The van der Waals surface area contributed by atoms with Crippen LogP contribution in [-0.4, -0.2) is 53.5 Å². The van der Waals surface area contributed by atoms with Gasteiger partial charge in [0.05, 0.1) is 40.4 Å². The number of fused-ring (bicyclic) bond motifs is 1. The number of anilines is 1. The third kappa shape index (κ3) is 5.03. The van der Waals surface area contributed by atoms with Gasteiger partial charge in [0.15, 0.2) is 0 Å². The number of pyridine rings is 1. The molecular weight excluding hydrogens is 539 g/mol. The molecule has 1 saturated carbocycles. The van der Waals surface area contributed by atoms with Crippen molar-refractivity contribution >= 4 is 45.9 Å². The molecule has 0 radical (unpaired) electrons. The molecule has 3 aromatic rings. The van der Waals surface area contributed by atoms with E-state index in [-0.39, 0.29) is 38.8 Å². The second kappa shape index (κ2) is 10.5. The van der Waals surface area contributed by atoms with Gasteiger partial charge in [0.25, 0.3) is 0 Å². The number of aromatic nitrogens is 2. The van der Waals surface area contributed by atoms with E-state index in [2.05, 4.69) is 9.97 Å². The van der Waals surface area contributed by atoms with E-state index in [9.17, 15) is 9.90 Å². The largest absolute Gasteiger partial charge is 0.481 e. The Hall–Kier alpha value is -2.62. The van der Waals surface area contributed by atoms with Crippen molar-refractivity contribution in [2.75, 3.05) is 31.2 Å². The number of H-pyrrole nitrogens is 1. The zero-order valence-electron chi connectivity index (χ0n) is 21.1. The summed E-state index contributed by atoms with van der Waals surface area (Å²) >= 11 is 13.0. The van der Waals surface area contributed by atoms with Crippen molar-refractivity contribution in [3.63, 3.8) is 0 Å². The van der Waals surface area contributed by atoms with Gasteiger partial charge in [-0.2, -0.15) is 0 Å². The SMILES string of the molecule is CC(C)(C(=O)O)C1CCC(Oc2[nH]c3cc(Cl)c(-c4c(F)cc(N5CCOCC5)cc4F)nc3c2Cl)CC1. The number of rotatable bonds is 6. The number of carbonyl (C=O) groups is 1. The van der Waals surface area contributed by atoms with Crippen LogP contribution in [0.3, 0.4) is 0 Å². The number of benzene rings is 1. The molecule has 2 aromatic heterocycles. The van der Waals surface area contributed by atoms with Gasteiger partial charge < -0.3 is 24.5 Å². The summed E-state index contributed by atoms with van der Waals surface area (Å²) < 4.78 is 41.9. The molecule has 2 aliphatic rings. The van der Waals surface area contributed by atoms with E-state index in [0.717, 1.165) is 12.8 Å². The van der Waals surface area contributed by atoms with Gasteiger partial charge in [-0.15, -0.1) is 0 Å². The van der Waals surface area contributed by atoms with Crippen molar-refractivity contribution in [2.24, 2.45) is 11.3 Å². The standard InChI is InChI=1S/C27H29Cl2F2N3O4/c1-27(2,26(35)36)14-3-5-16(6-4-14)38-25-22(29)24-20(32-25)13-17(28)23(33-24)21-18(30)11-15(12-19(21)31)34-7-9-37-10-8-34/h11-14,16,32H,3-10H2,1-2H3,(H,35,36). The predicted octanol–water partition coefficient (Wildman–Crippen LogP) is 6.70. The zero-order valence-corrected chi connectivity index (χ0v) is 22.6. The van der Waals surface area contributed by atoms with Gasteiger partial charge in [0, 0.05) is 18.8 Å². The maximum atomic E-state index is 15.2. The summed E-state index contributed by atoms with van der Waals surface area (Å²) in [5, 5.41) is 9.78. The predicted molar refractivity (Wildman–Crippen MR) is 142 cm³/mol. The molecule has 0 bridgehead atoms. The number of nitrogens with zero attached hydrogens (tertiary/aromatic N) is 2. The number of aliphatic carboxylic acids is 1. The van der Waals surface area contributed by atoms with Crippen molar-refractivity contribution < 1.29 is 28.2 Å². The first-order valence-electron chi connectivity index (χ1n) is 12.7. The first kappa shape index (κ1) is 27.0. The van der Waals surface area contributed by atoms with Gasteiger partial charge >= 0.3 is 5.97 Å². The van der Waals surface area contributed by atoms with Crippen LogP contribution in [0, 0.1) is 23.0 Å². The van der Waals surface area contributed by atoms with Crippen LogP contribution >= 0.6 is 23.2 Å². The molecular formula is C27H29Cl2F2N3O4. The van der Waals surface area contributed by atoms with E-state index >= 15 is 8.78 Å². The fourth-order valence-electron chi connectivity index (χ4n) is 5.33. The van der Waals surface area contributed by atoms with E-state index in [0.29, 0.717) is 56.2 Å². The minimum atomic E-state index is -0.803. The monoisotopic (exact) mass is 567 g/mol. The van der Waals surface area contributed by atoms with E-state index in [1.165, 1.54) is 18.2 Å². The maximum absolute atomic E-state index is 15.2. The van der Waals surface area contributed by atoms with Crippen LogP contribution in [0.4, 0.5) is 14.5 Å². The molecule has 5 rings (SSSR count). The summed E-state index contributed by atoms with van der Waals surface area (Å²) in [5.74, 6) is -2.00. The van der Waals surface area contributed by atoms with E-state index in [1.807, 2.05) is 4.90 Å². The Balaban J connectivity index is 1.39. The highest BCUT2D eigenvalue weighted by atomic mass is 35.5. The van der Waals surface area contributed by atoms with Crippen molar-refractivity contribution in [3.8, 4) is 17.1 Å². The highest BCUT2D eigenvalue weighted by Crippen LogP contribution is 2.42. The molecule has 1 aromatic carbocycles. The van der Waals surface area contributed by atoms with Gasteiger partial charge in [-0.3, -0.25) is 4.79 Å². The lowest BCUT2D eigenvalue weighted by atomic mass is 9.70. The Morgan fingerprint density at radius 1 is 1.13 bits per heavy atom. The second-order valence-corrected chi connectivity index (χ2v) is 11.3. The molecule has 2 N–H and O–H groups in total. The number of hydrogen-bond acceptors (Lipinski definition) is 5. The molecule has 2 fully saturated rings. The normalized spacial score (nSPS) is 20.6. The molecule has 0 spiro atoms. The number of aromatic amines is 1. The smallest absolute Gasteiger partial charge is 0.309 e. The summed E-state index contributed by atoms with van der Waals surface area (Å²) in [5.41, 5.74) is 0.0230. The Kier molecular flexibility index (Phi) is 7.46. The third-order valence-corrected chi connectivity index (χ3v) is 8.44. The first-order valence-corrected chi connectivity index (χ1v) is 13.4. The van der Waals surface area contributed by atoms with Crippen LogP contribution in [-0.2, 0) is 9.53 Å². The minimum Gasteiger partial charge on any atom is -0.481 e. The summed E-state index contributed by atoms with van der Waals surface area (Å²) in [6, 6.07) is 4.08. The van der Waals surface area contributed by atoms with Gasteiger partial charge in [-0.25, -0.2) is 13.8 Å². The molecule has 1 aliphatic heterocycles. The van der Waals surface area contributed by atoms with Gasteiger partial charge in [-0.05, 0) is 63.6 Å².